The average molecular weight is 407 g/mol. The maximum absolute atomic E-state index is 13.2. The third-order valence-electron chi connectivity index (χ3n) is 6.37. The number of amides is 1. The molecule has 2 aliphatic heterocycles. The molecule has 5 rings (SSSR count). The first-order valence-electron chi connectivity index (χ1n) is 10.8. The van der Waals surface area contributed by atoms with Gasteiger partial charge in [-0.1, -0.05) is 18.2 Å². The van der Waals surface area contributed by atoms with Gasteiger partial charge >= 0.3 is 0 Å². The minimum atomic E-state index is -0.208. The lowest BCUT2D eigenvalue weighted by Gasteiger charge is -2.30. The summed E-state index contributed by atoms with van der Waals surface area (Å²) in [7, 11) is 0. The van der Waals surface area contributed by atoms with Crippen molar-refractivity contribution in [3.05, 3.63) is 65.6 Å². The molecule has 2 aromatic carbocycles. The van der Waals surface area contributed by atoms with Crippen molar-refractivity contribution in [3.63, 3.8) is 0 Å². The number of carbonyl (C=O) groups excluding carboxylic acids is 1. The number of aromatic nitrogens is 1. The van der Waals surface area contributed by atoms with E-state index in [0.717, 1.165) is 56.8 Å². The molecule has 1 saturated heterocycles. The summed E-state index contributed by atoms with van der Waals surface area (Å²) in [4.78, 5) is 23.1. The van der Waals surface area contributed by atoms with Gasteiger partial charge in [0.2, 0.25) is 5.91 Å². The number of anilines is 1. The fourth-order valence-electron chi connectivity index (χ4n) is 4.71. The lowest BCUT2D eigenvalue weighted by molar-refractivity contribution is -0.133. The van der Waals surface area contributed by atoms with E-state index in [1.165, 1.54) is 28.8 Å². The van der Waals surface area contributed by atoms with Gasteiger partial charge < -0.3 is 14.8 Å². The van der Waals surface area contributed by atoms with Crippen LogP contribution in [0, 0.1) is 5.82 Å². The van der Waals surface area contributed by atoms with E-state index in [0.29, 0.717) is 13.1 Å². The average Bonchev–Trinajstić information content (AvgIpc) is 2.98. The summed E-state index contributed by atoms with van der Waals surface area (Å²) in [5.41, 5.74) is 4.74. The topological polar surface area (TPSA) is 42.6 Å². The number of benzene rings is 2. The van der Waals surface area contributed by atoms with E-state index in [1.54, 1.807) is 0 Å². The number of aromatic amines is 1. The minimum Gasteiger partial charge on any atom is -0.370 e. The zero-order chi connectivity index (χ0) is 20.5. The van der Waals surface area contributed by atoms with Crippen molar-refractivity contribution in [3.8, 4) is 0 Å². The number of fused-ring (bicyclic) bond motifs is 3. The molecule has 1 aromatic heterocycles. The second-order valence-corrected chi connectivity index (χ2v) is 8.29. The highest BCUT2D eigenvalue weighted by atomic mass is 19.1. The standard InChI is InChI=1S/C24H27FN4O/c25-18-6-8-19(9-7-18)28-12-3-11-27(14-15-28)17-24(30)29-13-10-23-21(16-29)20-4-1-2-5-22(20)26-23/h1-2,4-9,26H,3,10-17H2. The number of H-pyrrole nitrogens is 1. The van der Waals surface area contributed by atoms with Gasteiger partial charge in [-0.2, -0.15) is 0 Å². The number of para-hydroxylation sites is 1. The number of hydrogen-bond acceptors (Lipinski definition) is 3. The summed E-state index contributed by atoms with van der Waals surface area (Å²) < 4.78 is 13.2. The van der Waals surface area contributed by atoms with Crippen LogP contribution in [0.15, 0.2) is 48.5 Å². The second-order valence-electron chi connectivity index (χ2n) is 8.29. The monoisotopic (exact) mass is 406 g/mol. The van der Waals surface area contributed by atoms with Crippen LogP contribution in [0.25, 0.3) is 10.9 Å². The molecule has 6 heteroatoms. The van der Waals surface area contributed by atoms with E-state index in [9.17, 15) is 9.18 Å². The molecule has 0 atom stereocenters. The van der Waals surface area contributed by atoms with Crippen LogP contribution >= 0.6 is 0 Å². The fourth-order valence-corrected chi connectivity index (χ4v) is 4.71. The lowest BCUT2D eigenvalue weighted by atomic mass is 10.0. The van der Waals surface area contributed by atoms with E-state index in [1.807, 2.05) is 23.1 Å². The first kappa shape index (κ1) is 19.1. The number of carbonyl (C=O) groups is 1. The van der Waals surface area contributed by atoms with Gasteiger partial charge in [0.05, 0.1) is 6.54 Å². The van der Waals surface area contributed by atoms with Gasteiger partial charge in [0.25, 0.3) is 0 Å². The molecule has 0 spiro atoms. The molecule has 0 unspecified atom stereocenters. The number of halogens is 1. The van der Waals surface area contributed by atoms with E-state index >= 15 is 0 Å². The quantitative estimate of drug-likeness (QED) is 0.725. The fraction of sp³-hybridized carbons (Fsp3) is 0.375. The van der Waals surface area contributed by atoms with Crippen LogP contribution in [0.4, 0.5) is 10.1 Å². The molecule has 5 nitrogen and oxygen atoms in total. The molecule has 0 aliphatic carbocycles. The normalized spacial score (nSPS) is 17.8. The molecule has 0 saturated carbocycles. The Balaban J connectivity index is 1.21. The van der Waals surface area contributed by atoms with E-state index in [-0.39, 0.29) is 11.7 Å². The first-order valence-corrected chi connectivity index (χ1v) is 10.8. The number of hydrogen-bond donors (Lipinski definition) is 1. The largest absolute Gasteiger partial charge is 0.370 e. The Morgan fingerprint density at radius 3 is 2.67 bits per heavy atom. The van der Waals surface area contributed by atoms with Crippen LogP contribution in [-0.2, 0) is 17.8 Å². The molecular formula is C24H27FN4O. The minimum absolute atomic E-state index is 0.208. The Bertz CT molecular complexity index is 1050. The highest BCUT2D eigenvalue weighted by molar-refractivity contribution is 5.86. The van der Waals surface area contributed by atoms with Gasteiger partial charge in [-0.05, 0) is 36.8 Å². The molecule has 1 fully saturated rings. The van der Waals surface area contributed by atoms with Crippen molar-refractivity contribution in [2.45, 2.75) is 19.4 Å². The predicted octanol–water partition coefficient (Wildman–Crippen LogP) is 3.40. The number of nitrogens with one attached hydrogen (secondary N) is 1. The summed E-state index contributed by atoms with van der Waals surface area (Å²) in [6.07, 6.45) is 1.88. The maximum atomic E-state index is 13.2. The Morgan fingerprint density at radius 2 is 1.80 bits per heavy atom. The summed E-state index contributed by atoms with van der Waals surface area (Å²) >= 11 is 0. The number of rotatable bonds is 3. The molecule has 156 valence electrons. The van der Waals surface area contributed by atoms with Crippen LogP contribution in [0.3, 0.4) is 0 Å². The molecule has 0 bridgehead atoms. The molecule has 1 amide bonds. The second kappa shape index (κ2) is 8.11. The highest BCUT2D eigenvalue weighted by Crippen LogP contribution is 2.27. The van der Waals surface area contributed by atoms with Gasteiger partial charge in [0.1, 0.15) is 5.82 Å². The van der Waals surface area contributed by atoms with Crippen molar-refractivity contribution in [1.29, 1.82) is 0 Å². The van der Waals surface area contributed by atoms with E-state index in [4.69, 9.17) is 0 Å². The highest BCUT2D eigenvalue weighted by Gasteiger charge is 2.26. The Kier molecular flexibility index (Phi) is 5.17. The van der Waals surface area contributed by atoms with Crippen LogP contribution in [0.5, 0.6) is 0 Å². The summed E-state index contributed by atoms with van der Waals surface area (Å²) in [6, 6.07) is 15.0. The molecule has 3 aromatic rings. The summed E-state index contributed by atoms with van der Waals surface area (Å²) in [6.45, 7) is 5.46. The predicted molar refractivity (Wildman–Crippen MR) is 117 cm³/mol. The Hall–Kier alpha value is -2.86. The third kappa shape index (κ3) is 3.79. The van der Waals surface area contributed by atoms with Crippen molar-refractivity contribution in [2.24, 2.45) is 0 Å². The van der Waals surface area contributed by atoms with Gasteiger partial charge in [-0.25, -0.2) is 4.39 Å². The zero-order valence-electron chi connectivity index (χ0n) is 17.1. The van der Waals surface area contributed by atoms with Crippen molar-refractivity contribution >= 4 is 22.5 Å². The lowest BCUT2D eigenvalue weighted by Crippen LogP contribution is -2.43. The zero-order valence-corrected chi connectivity index (χ0v) is 17.1. The summed E-state index contributed by atoms with van der Waals surface area (Å²) in [5.74, 6) is 0.00171. The van der Waals surface area contributed by atoms with Crippen molar-refractivity contribution in [2.75, 3.05) is 44.2 Å². The maximum Gasteiger partial charge on any atom is 0.237 e. The Labute approximate surface area is 176 Å². The molecule has 3 heterocycles. The SMILES string of the molecule is O=C(CN1CCCN(c2ccc(F)cc2)CC1)N1CCc2[nH]c3ccccc3c2C1. The molecule has 1 N–H and O–H groups in total. The first-order chi connectivity index (χ1) is 14.7. The molecular weight excluding hydrogens is 379 g/mol. The molecule has 30 heavy (non-hydrogen) atoms. The Morgan fingerprint density at radius 1 is 0.967 bits per heavy atom. The van der Waals surface area contributed by atoms with Gasteiger partial charge in [-0.3, -0.25) is 9.69 Å². The van der Waals surface area contributed by atoms with Gasteiger partial charge in [-0.15, -0.1) is 0 Å². The van der Waals surface area contributed by atoms with Crippen LogP contribution < -0.4 is 4.90 Å². The van der Waals surface area contributed by atoms with Gasteiger partial charge in [0, 0.05) is 73.5 Å². The van der Waals surface area contributed by atoms with Crippen LogP contribution in [-0.4, -0.2) is 60.0 Å². The van der Waals surface area contributed by atoms with Gasteiger partial charge in [0.15, 0.2) is 0 Å². The van der Waals surface area contributed by atoms with E-state index < -0.39 is 0 Å². The van der Waals surface area contributed by atoms with Crippen LogP contribution in [0.1, 0.15) is 17.7 Å². The van der Waals surface area contributed by atoms with E-state index in [2.05, 4.69) is 33.0 Å². The molecule has 2 aliphatic rings. The van der Waals surface area contributed by atoms with Crippen molar-refractivity contribution in [1.82, 2.24) is 14.8 Å². The molecule has 0 radical (unpaired) electrons. The number of nitrogens with zero attached hydrogens (tertiary/aromatic N) is 3. The smallest absolute Gasteiger partial charge is 0.237 e. The summed E-state index contributed by atoms with van der Waals surface area (Å²) in [5, 5.41) is 1.23. The third-order valence-corrected chi connectivity index (χ3v) is 6.37. The van der Waals surface area contributed by atoms with Crippen molar-refractivity contribution < 1.29 is 9.18 Å². The van der Waals surface area contributed by atoms with Crippen LogP contribution in [0.2, 0.25) is 0 Å².